The zero-order chi connectivity index (χ0) is 58.2. The molecule has 10 N–H and O–H groups in total. The second-order valence-corrected chi connectivity index (χ2v) is 24.7. The minimum atomic E-state index is -1.88. The van der Waals surface area contributed by atoms with Crippen LogP contribution in [0.5, 0.6) is 0 Å². The number of rotatable bonds is 17. The molecule has 0 aromatic heterocycles. The summed E-state index contributed by atoms with van der Waals surface area (Å²) >= 11 is 0. The van der Waals surface area contributed by atoms with Gasteiger partial charge in [-0.3, -0.25) is 4.79 Å². The highest BCUT2D eigenvalue weighted by atomic mass is 16.7. The number of alkyl carbamates (subject to hydrolysis) is 4. The molecule has 0 aromatic rings. The van der Waals surface area contributed by atoms with Gasteiger partial charge in [0.15, 0.2) is 6.29 Å². The maximum Gasteiger partial charge on any atom is 0.412 e. The maximum atomic E-state index is 14.0. The van der Waals surface area contributed by atoms with Crippen molar-refractivity contribution in [1.29, 1.82) is 0 Å². The van der Waals surface area contributed by atoms with Crippen molar-refractivity contribution in [2.24, 2.45) is 11.8 Å². The Morgan fingerprint density at radius 2 is 1.34 bits per heavy atom. The maximum absolute atomic E-state index is 14.0. The van der Waals surface area contributed by atoms with E-state index in [1.807, 2.05) is 0 Å². The van der Waals surface area contributed by atoms with Gasteiger partial charge in [-0.05, 0) is 148 Å². The molecule has 25 nitrogen and oxygen atoms in total. The van der Waals surface area contributed by atoms with Gasteiger partial charge in [-0.15, -0.1) is 0 Å². The van der Waals surface area contributed by atoms with Crippen LogP contribution in [0, 0.1) is 11.8 Å². The van der Waals surface area contributed by atoms with E-state index in [0.29, 0.717) is 25.1 Å². The van der Waals surface area contributed by atoms with E-state index in [1.54, 1.807) is 89.2 Å². The SMILES string of the molecule is C=C(C)OC(=O)N[C@@H]1CC=C(CNCC2CC(NC(=O)OC(C)(C)C)C2)OC1[C@H]1[C@H](O)[C@@H](O[C@H]2OC[C@](C)(O)[C@H](N(C)C(=O)OC(C)(C)C)[C@H]2O)[C@H](NC(=O)[C@@H](O)CCNC(=O)OC(C)(C)C)C[C@@H]1NC(=O)OC(C)(C)C. The number of allylic oxidation sites excluding steroid dienone is 1. The largest absolute Gasteiger partial charge is 0.491 e. The Morgan fingerprint density at radius 3 is 1.91 bits per heavy atom. The van der Waals surface area contributed by atoms with Gasteiger partial charge in [0.1, 0.15) is 58.2 Å². The molecule has 3 fully saturated rings. The number of aliphatic hydroxyl groups is 4. The van der Waals surface area contributed by atoms with Gasteiger partial charge in [-0.1, -0.05) is 6.58 Å². The highest BCUT2D eigenvalue weighted by molar-refractivity contribution is 5.81. The summed E-state index contributed by atoms with van der Waals surface area (Å²) in [6.07, 6.45) is -11.2. The number of aliphatic hydroxyl groups excluding tert-OH is 3. The molecule has 4 aliphatic rings. The normalized spacial score (nSPS) is 30.0. The van der Waals surface area contributed by atoms with Crippen molar-refractivity contribution in [2.75, 3.05) is 33.3 Å². The van der Waals surface area contributed by atoms with E-state index in [-0.39, 0.29) is 50.1 Å². The lowest BCUT2D eigenvalue weighted by Crippen LogP contribution is -2.71. The Labute approximate surface area is 452 Å². The predicted molar refractivity (Wildman–Crippen MR) is 278 cm³/mol. The number of hydrogen-bond acceptors (Lipinski definition) is 19. The molecular formula is C52H89N7O18. The van der Waals surface area contributed by atoms with Crippen molar-refractivity contribution >= 4 is 36.4 Å². The second kappa shape index (κ2) is 26.2. The van der Waals surface area contributed by atoms with Crippen LogP contribution in [0.4, 0.5) is 24.0 Å². The van der Waals surface area contributed by atoms with E-state index >= 15 is 0 Å². The van der Waals surface area contributed by atoms with E-state index in [0.717, 1.165) is 4.90 Å². The zero-order valence-corrected chi connectivity index (χ0v) is 47.6. The average Bonchev–Trinajstić information content (AvgIpc) is 3.22. The molecule has 0 spiro atoms. The van der Waals surface area contributed by atoms with Gasteiger partial charge in [0.2, 0.25) is 5.91 Å². The molecule has 2 aliphatic heterocycles. The standard InChI is InChI=1S/C52H89N7O18/c1-27(2)71-44(65)57-31-18-17-30(25-53-24-28-21-29(22-28)55-45(66)75-49(6,7)8)72-38(31)35-32(58-46(67)76-50(9,10)11)23-33(56-41(63)34(60)19-20-54-43(64)74-48(3,4)5)39(36(35)61)73-42-37(62)40(52(15,69)26-70-42)59(16)47(68)77-51(12,13)14/h17,28-29,31-40,42,53,60-62,69H,1,18-26H2,2-16H3,(H,54,64)(H,55,66)(H,56,63)(H,57,65)(H,58,67)/t28?,29?,31-,32+,33-,34+,35-,36+,37-,38?,39+,40-,42-,52+/m1/s1. The van der Waals surface area contributed by atoms with E-state index in [2.05, 4.69) is 38.5 Å². The molecule has 1 unspecified atom stereocenters. The molecule has 2 aliphatic carbocycles. The molecule has 0 radical (unpaired) electrons. The first-order valence-electron chi connectivity index (χ1n) is 26.3. The molecule has 1 saturated heterocycles. The molecule has 6 amide bonds. The van der Waals surface area contributed by atoms with E-state index in [9.17, 15) is 49.2 Å². The molecule has 0 bridgehead atoms. The molecule has 4 rings (SSSR count). The fourth-order valence-corrected chi connectivity index (χ4v) is 9.50. The van der Waals surface area contributed by atoms with Crippen LogP contribution in [0.1, 0.15) is 129 Å². The molecule has 0 aromatic carbocycles. The Morgan fingerprint density at radius 1 is 0.779 bits per heavy atom. The van der Waals surface area contributed by atoms with Crippen LogP contribution in [0.2, 0.25) is 0 Å². The van der Waals surface area contributed by atoms with Gasteiger partial charge in [0, 0.05) is 31.6 Å². The van der Waals surface area contributed by atoms with E-state index in [4.69, 9.17) is 37.9 Å². The number of nitrogens with zero attached hydrogens (tertiary/aromatic N) is 1. The molecule has 12 atom stereocenters. The molecule has 25 heteroatoms. The Bertz CT molecular complexity index is 2090. The van der Waals surface area contributed by atoms with Crippen molar-refractivity contribution in [3.63, 3.8) is 0 Å². The van der Waals surface area contributed by atoms with Gasteiger partial charge in [-0.25, -0.2) is 24.0 Å². The van der Waals surface area contributed by atoms with Crippen molar-refractivity contribution in [1.82, 2.24) is 36.8 Å². The van der Waals surface area contributed by atoms with Gasteiger partial charge in [0.05, 0.1) is 43.1 Å². The summed E-state index contributed by atoms with van der Waals surface area (Å²) in [6, 6.07) is -4.97. The van der Waals surface area contributed by atoms with Gasteiger partial charge >= 0.3 is 30.5 Å². The molecule has 77 heavy (non-hydrogen) atoms. The summed E-state index contributed by atoms with van der Waals surface area (Å²) in [7, 11) is 1.32. The van der Waals surface area contributed by atoms with Gasteiger partial charge in [-0.2, -0.15) is 0 Å². The first-order chi connectivity index (χ1) is 35.3. The van der Waals surface area contributed by atoms with Crippen molar-refractivity contribution < 1.29 is 87.1 Å². The third-order valence-electron chi connectivity index (χ3n) is 12.6. The van der Waals surface area contributed by atoms with Crippen LogP contribution in [-0.2, 0) is 42.7 Å². The van der Waals surface area contributed by atoms with E-state index in [1.165, 1.54) is 20.9 Å². The highest BCUT2D eigenvalue weighted by Gasteiger charge is 2.57. The van der Waals surface area contributed by atoms with Gasteiger partial charge in [0.25, 0.3) is 0 Å². The molecular weight excluding hydrogens is 1010 g/mol. The topological polar surface area (TPSA) is 333 Å². The number of carbonyl (C=O) groups is 6. The number of likely N-dealkylation sites (N-methyl/N-ethyl adjacent to an activating group) is 1. The Balaban J connectivity index is 1.72. The Kier molecular flexibility index (Phi) is 21.9. The van der Waals surface area contributed by atoms with Crippen LogP contribution in [-0.4, -0.2) is 190 Å². The zero-order valence-electron chi connectivity index (χ0n) is 47.6. The predicted octanol–water partition coefficient (Wildman–Crippen LogP) is 3.30. The van der Waals surface area contributed by atoms with E-state index < -0.39 is 138 Å². The first kappa shape index (κ1) is 64.3. The summed E-state index contributed by atoms with van der Waals surface area (Å²) in [5.74, 6) is -1.55. The lowest BCUT2D eigenvalue weighted by atomic mass is 9.72. The first-order valence-corrected chi connectivity index (χ1v) is 26.3. The minimum absolute atomic E-state index is 0.0579. The van der Waals surface area contributed by atoms with Crippen LogP contribution in [0.25, 0.3) is 0 Å². The quantitative estimate of drug-likeness (QED) is 0.0738. The lowest BCUT2D eigenvalue weighted by Gasteiger charge is -2.52. The average molecular weight is 1100 g/mol. The third kappa shape index (κ3) is 20.5. The summed E-state index contributed by atoms with van der Waals surface area (Å²) in [5.41, 5.74) is -5.30. The lowest BCUT2D eigenvalue weighted by molar-refractivity contribution is -0.305. The second-order valence-electron chi connectivity index (χ2n) is 24.7. The highest BCUT2D eigenvalue weighted by Crippen LogP contribution is 2.39. The molecule has 2 heterocycles. The molecule has 440 valence electrons. The minimum Gasteiger partial charge on any atom is -0.491 e. The summed E-state index contributed by atoms with van der Waals surface area (Å²) in [6.45, 7) is 26.8. The van der Waals surface area contributed by atoms with Crippen molar-refractivity contribution in [3.05, 3.63) is 24.2 Å². The van der Waals surface area contributed by atoms with Crippen LogP contribution < -0.4 is 31.9 Å². The third-order valence-corrected chi connectivity index (χ3v) is 12.6. The number of amides is 6. The summed E-state index contributed by atoms with van der Waals surface area (Å²) < 4.78 is 46.3. The fourth-order valence-electron chi connectivity index (χ4n) is 9.50. The summed E-state index contributed by atoms with van der Waals surface area (Å²) in [5, 5.41) is 64.8. The number of nitrogens with one attached hydrogen (secondary N) is 6. The molecule has 2 saturated carbocycles. The monoisotopic (exact) mass is 1100 g/mol. The number of ether oxygens (including phenoxy) is 8. The van der Waals surface area contributed by atoms with Crippen molar-refractivity contribution in [2.45, 2.75) is 224 Å². The van der Waals surface area contributed by atoms with Gasteiger partial charge < -0.3 is 95.1 Å². The summed E-state index contributed by atoms with van der Waals surface area (Å²) in [4.78, 5) is 80.2. The number of carbonyl (C=O) groups excluding carboxylic acids is 6. The fraction of sp³-hybridized carbons (Fsp3) is 0.808. The number of hydrogen-bond donors (Lipinski definition) is 10. The van der Waals surface area contributed by atoms with Crippen LogP contribution >= 0.6 is 0 Å². The van der Waals surface area contributed by atoms with Crippen molar-refractivity contribution in [3.8, 4) is 0 Å². The van der Waals surface area contributed by atoms with Crippen LogP contribution in [0.3, 0.4) is 0 Å². The van der Waals surface area contributed by atoms with Crippen LogP contribution in [0.15, 0.2) is 24.2 Å². The smallest absolute Gasteiger partial charge is 0.412 e. The Hall–Kier alpha value is -5.18.